The molecule has 0 bridgehead atoms. The number of rotatable bonds is 4. The lowest BCUT2D eigenvalue weighted by atomic mass is 9.98. The predicted octanol–water partition coefficient (Wildman–Crippen LogP) is 3.14. The van der Waals surface area contributed by atoms with E-state index < -0.39 is 5.91 Å². The Kier molecular flexibility index (Phi) is 4.44. The van der Waals surface area contributed by atoms with E-state index in [1.54, 1.807) is 12.3 Å². The monoisotopic (exact) mass is 309 g/mol. The lowest BCUT2D eigenvalue weighted by Crippen LogP contribution is -2.26. The summed E-state index contributed by atoms with van der Waals surface area (Å²) in [6, 6.07) is 9.00. The summed E-state index contributed by atoms with van der Waals surface area (Å²) < 4.78 is 0. The average Bonchev–Trinajstić information content (AvgIpc) is 2.93. The smallest absolute Gasteiger partial charge is 0.250 e. The highest BCUT2D eigenvalue weighted by Crippen LogP contribution is 2.26. The van der Waals surface area contributed by atoms with Gasteiger partial charge in [-0.15, -0.1) is 0 Å². The van der Waals surface area contributed by atoms with Crippen LogP contribution in [-0.2, 0) is 6.54 Å². The number of aryl methyl sites for hydroxylation is 1. The maximum Gasteiger partial charge on any atom is 0.250 e. The molecule has 2 aromatic rings. The third kappa shape index (κ3) is 3.42. The van der Waals surface area contributed by atoms with Crippen LogP contribution in [0.5, 0.6) is 0 Å². The second-order valence-electron chi connectivity index (χ2n) is 6.44. The van der Waals surface area contributed by atoms with Gasteiger partial charge in [0, 0.05) is 30.5 Å². The molecule has 1 fully saturated rings. The van der Waals surface area contributed by atoms with Crippen LogP contribution in [0.3, 0.4) is 0 Å². The number of hydrogen-bond donors (Lipinski definition) is 1. The zero-order valence-corrected chi connectivity index (χ0v) is 13.7. The fourth-order valence-corrected chi connectivity index (χ4v) is 3.33. The first-order chi connectivity index (χ1) is 11.0. The molecule has 0 aliphatic carbocycles. The predicted molar refractivity (Wildman–Crippen MR) is 92.0 cm³/mol. The van der Waals surface area contributed by atoms with Gasteiger partial charge in [0.05, 0.1) is 5.56 Å². The van der Waals surface area contributed by atoms with Crippen LogP contribution in [0.2, 0.25) is 0 Å². The molecule has 4 nitrogen and oxygen atoms in total. The molecule has 3 rings (SSSR count). The molecule has 120 valence electrons. The number of pyridine rings is 1. The first-order valence-corrected chi connectivity index (χ1v) is 8.13. The number of carbonyl (C=O) groups is 1. The van der Waals surface area contributed by atoms with Crippen LogP contribution in [0.25, 0.3) is 11.1 Å². The Hall–Kier alpha value is -2.20. The second-order valence-corrected chi connectivity index (χ2v) is 6.44. The molecule has 0 saturated carbocycles. The van der Waals surface area contributed by atoms with Gasteiger partial charge in [-0.2, -0.15) is 0 Å². The summed E-state index contributed by atoms with van der Waals surface area (Å²) in [6.07, 6.45) is 5.87. The van der Waals surface area contributed by atoms with Crippen molar-refractivity contribution in [2.75, 3.05) is 6.54 Å². The summed E-state index contributed by atoms with van der Waals surface area (Å²) in [7, 11) is 0. The maximum atomic E-state index is 11.3. The zero-order chi connectivity index (χ0) is 16.4. The van der Waals surface area contributed by atoms with E-state index in [4.69, 9.17) is 5.73 Å². The topological polar surface area (TPSA) is 59.2 Å². The molecule has 2 heterocycles. The number of aromatic nitrogens is 1. The second kappa shape index (κ2) is 6.50. The minimum Gasteiger partial charge on any atom is -0.366 e. The fourth-order valence-electron chi connectivity index (χ4n) is 3.33. The summed E-state index contributed by atoms with van der Waals surface area (Å²) >= 11 is 0. The molecule has 4 heteroatoms. The van der Waals surface area contributed by atoms with Crippen molar-refractivity contribution in [1.29, 1.82) is 0 Å². The largest absolute Gasteiger partial charge is 0.366 e. The van der Waals surface area contributed by atoms with Gasteiger partial charge in [-0.3, -0.25) is 14.7 Å². The SMILES string of the molecule is Cc1cc(CN2CCC[C@H]2C)ccc1-c1cncc(C(N)=O)c1. The molecule has 1 aliphatic heterocycles. The van der Waals surface area contributed by atoms with E-state index in [9.17, 15) is 4.79 Å². The first kappa shape index (κ1) is 15.7. The molecule has 23 heavy (non-hydrogen) atoms. The summed E-state index contributed by atoms with van der Waals surface area (Å²) in [6.45, 7) is 6.59. The standard InChI is InChI=1S/C19H23N3O/c1-13-8-15(12-22-7-3-4-14(22)2)5-6-18(13)16-9-17(19(20)23)11-21-10-16/h5-6,8-11,14H,3-4,7,12H2,1-2H3,(H2,20,23)/t14-/m1/s1. The van der Waals surface area contributed by atoms with Crippen LogP contribution >= 0.6 is 0 Å². The molecule has 0 unspecified atom stereocenters. The summed E-state index contributed by atoms with van der Waals surface area (Å²) in [5.74, 6) is -0.448. The Morgan fingerprint density at radius 3 is 2.83 bits per heavy atom. The molecule has 0 spiro atoms. The molecular formula is C19H23N3O. The van der Waals surface area contributed by atoms with Gasteiger partial charge < -0.3 is 5.73 Å². The normalized spacial score (nSPS) is 18.3. The van der Waals surface area contributed by atoms with E-state index in [1.165, 1.54) is 36.7 Å². The van der Waals surface area contributed by atoms with Crippen molar-refractivity contribution in [2.45, 2.75) is 39.3 Å². The molecule has 1 aromatic heterocycles. The van der Waals surface area contributed by atoms with Crippen LogP contribution in [-0.4, -0.2) is 28.4 Å². The third-order valence-electron chi connectivity index (χ3n) is 4.70. The van der Waals surface area contributed by atoms with Crippen molar-refractivity contribution < 1.29 is 4.79 Å². The first-order valence-electron chi connectivity index (χ1n) is 8.13. The van der Waals surface area contributed by atoms with Crippen LogP contribution in [0.1, 0.15) is 41.3 Å². The molecule has 1 aromatic carbocycles. The van der Waals surface area contributed by atoms with Crippen molar-refractivity contribution >= 4 is 5.91 Å². The number of likely N-dealkylation sites (tertiary alicyclic amines) is 1. The van der Waals surface area contributed by atoms with Crippen molar-refractivity contribution in [3.8, 4) is 11.1 Å². The number of carbonyl (C=O) groups excluding carboxylic acids is 1. The number of hydrogen-bond acceptors (Lipinski definition) is 3. The molecule has 1 amide bonds. The van der Waals surface area contributed by atoms with Gasteiger partial charge in [-0.1, -0.05) is 18.2 Å². The average molecular weight is 309 g/mol. The molecule has 1 atom stereocenters. The molecule has 1 saturated heterocycles. The van der Waals surface area contributed by atoms with E-state index in [0.717, 1.165) is 17.7 Å². The lowest BCUT2D eigenvalue weighted by molar-refractivity contribution is 0.1000. The highest BCUT2D eigenvalue weighted by Gasteiger charge is 2.20. The highest BCUT2D eigenvalue weighted by atomic mass is 16.1. The summed E-state index contributed by atoms with van der Waals surface area (Å²) in [5, 5.41) is 0. The zero-order valence-electron chi connectivity index (χ0n) is 13.7. The van der Waals surface area contributed by atoms with Crippen LogP contribution in [0, 0.1) is 6.92 Å². The molecule has 2 N–H and O–H groups in total. The van der Waals surface area contributed by atoms with E-state index in [2.05, 4.69) is 41.9 Å². The van der Waals surface area contributed by atoms with Crippen molar-refractivity contribution in [3.05, 3.63) is 53.3 Å². The van der Waals surface area contributed by atoms with Gasteiger partial charge in [0.2, 0.25) is 5.91 Å². The van der Waals surface area contributed by atoms with Crippen LogP contribution in [0.15, 0.2) is 36.7 Å². The van der Waals surface area contributed by atoms with Crippen LogP contribution < -0.4 is 5.73 Å². The van der Waals surface area contributed by atoms with Gasteiger partial charge in [0.25, 0.3) is 0 Å². The van der Waals surface area contributed by atoms with Gasteiger partial charge >= 0.3 is 0 Å². The molecule has 0 radical (unpaired) electrons. The van der Waals surface area contributed by atoms with E-state index in [1.807, 2.05) is 0 Å². The lowest BCUT2D eigenvalue weighted by Gasteiger charge is -2.21. The fraction of sp³-hybridized carbons (Fsp3) is 0.368. The van der Waals surface area contributed by atoms with Crippen molar-refractivity contribution in [1.82, 2.24) is 9.88 Å². The summed E-state index contributed by atoms with van der Waals surface area (Å²) in [5.41, 5.74) is 10.3. The Bertz CT molecular complexity index is 726. The molecular weight excluding hydrogens is 286 g/mol. The Morgan fingerprint density at radius 1 is 1.35 bits per heavy atom. The van der Waals surface area contributed by atoms with Gasteiger partial charge in [0.1, 0.15) is 0 Å². The Labute approximate surface area is 137 Å². The maximum absolute atomic E-state index is 11.3. The Balaban J connectivity index is 1.84. The number of primary amides is 1. The van der Waals surface area contributed by atoms with E-state index >= 15 is 0 Å². The number of amides is 1. The van der Waals surface area contributed by atoms with Gasteiger partial charge in [-0.05, 0) is 56.0 Å². The highest BCUT2D eigenvalue weighted by molar-refractivity contribution is 5.93. The number of nitrogens with zero attached hydrogens (tertiary/aromatic N) is 2. The van der Waals surface area contributed by atoms with Gasteiger partial charge in [0.15, 0.2) is 0 Å². The number of benzene rings is 1. The van der Waals surface area contributed by atoms with Crippen molar-refractivity contribution in [3.63, 3.8) is 0 Å². The minimum atomic E-state index is -0.448. The minimum absolute atomic E-state index is 0.442. The molecule has 1 aliphatic rings. The summed E-state index contributed by atoms with van der Waals surface area (Å²) in [4.78, 5) is 18.0. The Morgan fingerprint density at radius 2 is 2.17 bits per heavy atom. The van der Waals surface area contributed by atoms with E-state index in [-0.39, 0.29) is 0 Å². The quantitative estimate of drug-likeness (QED) is 0.944. The van der Waals surface area contributed by atoms with E-state index in [0.29, 0.717) is 11.6 Å². The van der Waals surface area contributed by atoms with Gasteiger partial charge in [-0.25, -0.2) is 0 Å². The number of nitrogens with two attached hydrogens (primary N) is 1. The van der Waals surface area contributed by atoms with Crippen LogP contribution in [0.4, 0.5) is 0 Å². The van der Waals surface area contributed by atoms with Crippen molar-refractivity contribution in [2.24, 2.45) is 5.73 Å². The third-order valence-corrected chi connectivity index (χ3v) is 4.70.